The fraction of sp³-hybridized carbons (Fsp3) is 0.438. The summed E-state index contributed by atoms with van der Waals surface area (Å²) in [6.45, 7) is 9.25. The zero-order chi connectivity index (χ0) is 15.3. The number of benzene rings is 1. The van der Waals surface area contributed by atoms with Crippen LogP contribution in [0.2, 0.25) is 0 Å². The maximum atomic E-state index is 12.5. The number of rotatable bonds is 4. The minimum Gasteiger partial charge on any atom is -0.456 e. The van der Waals surface area contributed by atoms with E-state index in [-0.39, 0.29) is 4.91 Å². The molecule has 1 rings (SSSR count). The van der Waals surface area contributed by atoms with Gasteiger partial charge in [0.15, 0.2) is 0 Å². The Morgan fingerprint density at radius 3 is 2.25 bits per heavy atom. The van der Waals surface area contributed by atoms with Gasteiger partial charge in [-0.25, -0.2) is 9.00 Å². The summed E-state index contributed by atoms with van der Waals surface area (Å²) in [5, 5.41) is 0. The van der Waals surface area contributed by atoms with Crippen LogP contribution in [0.4, 0.5) is 0 Å². The molecule has 0 heterocycles. The van der Waals surface area contributed by atoms with Crippen LogP contribution in [0.3, 0.4) is 0 Å². The molecule has 0 aliphatic rings. The molecule has 0 N–H and O–H groups in total. The topological polar surface area (TPSA) is 43.4 Å². The molecule has 1 aromatic rings. The number of hydrogen-bond donors (Lipinski definition) is 0. The number of hydrogen-bond acceptors (Lipinski definition) is 3. The highest BCUT2D eigenvalue weighted by molar-refractivity contribution is 7.90. The van der Waals surface area contributed by atoms with Gasteiger partial charge in [-0.15, -0.1) is 0 Å². The molecular weight excluding hydrogens is 272 g/mol. The van der Waals surface area contributed by atoms with E-state index < -0.39 is 22.4 Å². The Balaban J connectivity index is 3.03. The van der Waals surface area contributed by atoms with Crippen LogP contribution in [0.15, 0.2) is 40.1 Å². The third-order valence-electron chi connectivity index (χ3n) is 2.42. The molecule has 0 fully saturated rings. The summed E-state index contributed by atoms with van der Waals surface area (Å²) in [6, 6.07) is 7.32. The summed E-state index contributed by atoms with van der Waals surface area (Å²) < 4.78 is 17.8. The molecule has 3 nitrogen and oxygen atoms in total. The maximum absolute atomic E-state index is 12.5. The summed E-state index contributed by atoms with van der Waals surface area (Å²) in [7, 11) is -1.51. The summed E-state index contributed by atoms with van der Waals surface area (Å²) in [5.41, 5.74) is 0.491. The molecule has 110 valence electrons. The van der Waals surface area contributed by atoms with Gasteiger partial charge >= 0.3 is 5.97 Å². The number of allylic oxidation sites excluding steroid dienone is 1. The molecule has 0 saturated heterocycles. The van der Waals surface area contributed by atoms with Gasteiger partial charge in [-0.05, 0) is 46.2 Å². The number of carbonyl (C=O) groups excluding carboxylic acids is 1. The van der Waals surface area contributed by atoms with Gasteiger partial charge in [0.2, 0.25) is 0 Å². The Bertz CT molecular complexity index is 522. The second-order valence-electron chi connectivity index (χ2n) is 5.56. The van der Waals surface area contributed by atoms with E-state index in [1.807, 2.05) is 26.0 Å². The van der Waals surface area contributed by atoms with Gasteiger partial charge in [0.25, 0.3) is 0 Å². The molecule has 0 radical (unpaired) electrons. The van der Waals surface area contributed by atoms with Crippen LogP contribution in [0.5, 0.6) is 0 Å². The lowest BCUT2D eigenvalue weighted by Crippen LogP contribution is -2.26. The molecule has 4 heteroatoms. The van der Waals surface area contributed by atoms with Crippen molar-refractivity contribution >= 4 is 16.8 Å². The molecule has 0 aliphatic heterocycles. The van der Waals surface area contributed by atoms with Crippen molar-refractivity contribution in [1.29, 1.82) is 0 Å². The lowest BCUT2D eigenvalue weighted by molar-refractivity contribution is -0.148. The Hall–Kier alpha value is -1.42. The molecular formula is C16H22O3S. The van der Waals surface area contributed by atoms with Crippen molar-refractivity contribution in [2.24, 2.45) is 0 Å². The second-order valence-corrected chi connectivity index (χ2v) is 7.01. The van der Waals surface area contributed by atoms with E-state index in [0.29, 0.717) is 11.3 Å². The second kappa shape index (κ2) is 6.84. The minimum atomic E-state index is -1.51. The highest BCUT2D eigenvalue weighted by atomic mass is 32.2. The number of carbonyl (C=O) groups is 1. The van der Waals surface area contributed by atoms with Crippen molar-refractivity contribution in [2.45, 2.75) is 51.5 Å². The normalized spacial score (nSPS) is 13.9. The van der Waals surface area contributed by atoms with E-state index >= 15 is 0 Å². The maximum Gasteiger partial charge on any atom is 0.347 e. The van der Waals surface area contributed by atoms with Gasteiger partial charge < -0.3 is 4.74 Å². The van der Waals surface area contributed by atoms with E-state index in [4.69, 9.17) is 4.74 Å². The standard InChI is InChI=1S/C16H22O3S/c1-6-7-14(15(17)19-16(3,4)5)20(18)13-10-8-12(2)9-11-13/h7-11H,6H2,1-5H3/b14-7-. The quantitative estimate of drug-likeness (QED) is 0.627. The zero-order valence-corrected chi connectivity index (χ0v) is 13.5. The fourth-order valence-corrected chi connectivity index (χ4v) is 2.69. The van der Waals surface area contributed by atoms with Crippen LogP contribution in [0.1, 0.15) is 39.7 Å². The predicted octanol–water partition coefficient (Wildman–Crippen LogP) is 3.74. The SMILES string of the molecule is CC/C=C(/C(=O)OC(C)(C)C)S(=O)c1ccc(C)cc1. The first-order chi connectivity index (χ1) is 9.24. The first kappa shape index (κ1) is 16.6. The van der Waals surface area contributed by atoms with Gasteiger partial charge in [-0.2, -0.15) is 0 Å². The molecule has 0 bridgehead atoms. The monoisotopic (exact) mass is 294 g/mol. The van der Waals surface area contributed by atoms with Crippen LogP contribution < -0.4 is 0 Å². The highest BCUT2D eigenvalue weighted by Crippen LogP contribution is 2.20. The molecule has 1 atom stereocenters. The van der Waals surface area contributed by atoms with E-state index in [9.17, 15) is 9.00 Å². The van der Waals surface area contributed by atoms with Crippen LogP contribution in [0.25, 0.3) is 0 Å². The predicted molar refractivity (Wildman–Crippen MR) is 81.8 cm³/mol. The van der Waals surface area contributed by atoms with Gasteiger partial charge in [0.05, 0.1) is 10.8 Å². The van der Waals surface area contributed by atoms with E-state index in [2.05, 4.69) is 0 Å². The van der Waals surface area contributed by atoms with E-state index in [0.717, 1.165) is 5.56 Å². The van der Waals surface area contributed by atoms with Crippen LogP contribution in [-0.4, -0.2) is 15.8 Å². The number of ether oxygens (including phenoxy) is 1. The Morgan fingerprint density at radius 1 is 1.25 bits per heavy atom. The first-order valence-electron chi connectivity index (χ1n) is 6.66. The average Bonchev–Trinajstić information content (AvgIpc) is 2.34. The minimum absolute atomic E-state index is 0.214. The Labute approximate surface area is 123 Å². The lowest BCUT2D eigenvalue weighted by atomic mass is 10.2. The molecule has 0 aliphatic carbocycles. The zero-order valence-electron chi connectivity index (χ0n) is 12.7. The molecule has 0 saturated carbocycles. The van der Waals surface area contributed by atoms with E-state index in [1.54, 1.807) is 39.0 Å². The molecule has 1 unspecified atom stereocenters. The van der Waals surface area contributed by atoms with Gasteiger partial charge in [-0.1, -0.05) is 30.7 Å². The van der Waals surface area contributed by atoms with Crippen molar-refractivity contribution in [3.8, 4) is 0 Å². The van der Waals surface area contributed by atoms with Crippen LogP contribution in [0, 0.1) is 6.92 Å². The van der Waals surface area contributed by atoms with Crippen molar-refractivity contribution in [1.82, 2.24) is 0 Å². The molecule has 0 spiro atoms. The molecule has 20 heavy (non-hydrogen) atoms. The third kappa shape index (κ3) is 4.93. The van der Waals surface area contributed by atoms with Crippen molar-refractivity contribution in [2.75, 3.05) is 0 Å². The van der Waals surface area contributed by atoms with Crippen molar-refractivity contribution in [3.05, 3.63) is 40.8 Å². The first-order valence-corrected chi connectivity index (χ1v) is 7.81. The largest absolute Gasteiger partial charge is 0.456 e. The van der Waals surface area contributed by atoms with Gasteiger partial charge in [0.1, 0.15) is 10.5 Å². The van der Waals surface area contributed by atoms with Gasteiger partial charge in [-0.3, -0.25) is 0 Å². The summed E-state index contributed by atoms with van der Waals surface area (Å²) in [4.78, 5) is 13.0. The molecule has 1 aromatic carbocycles. The van der Waals surface area contributed by atoms with Crippen LogP contribution >= 0.6 is 0 Å². The average molecular weight is 294 g/mol. The van der Waals surface area contributed by atoms with E-state index in [1.165, 1.54) is 0 Å². The summed E-state index contributed by atoms with van der Waals surface area (Å²) in [6.07, 6.45) is 2.30. The Morgan fingerprint density at radius 2 is 1.80 bits per heavy atom. The fourth-order valence-electron chi connectivity index (χ4n) is 1.54. The number of esters is 1. The smallest absolute Gasteiger partial charge is 0.347 e. The third-order valence-corrected chi connectivity index (χ3v) is 3.86. The summed E-state index contributed by atoms with van der Waals surface area (Å²) in [5.74, 6) is -0.516. The van der Waals surface area contributed by atoms with Crippen molar-refractivity contribution < 1.29 is 13.7 Å². The lowest BCUT2D eigenvalue weighted by Gasteiger charge is -2.20. The highest BCUT2D eigenvalue weighted by Gasteiger charge is 2.24. The molecule has 0 amide bonds. The van der Waals surface area contributed by atoms with Crippen molar-refractivity contribution in [3.63, 3.8) is 0 Å². The number of aryl methyl sites for hydroxylation is 1. The summed E-state index contributed by atoms with van der Waals surface area (Å²) >= 11 is 0. The van der Waals surface area contributed by atoms with Gasteiger partial charge in [0, 0.05) is 4.90 Å². The Kier molecular flexibility index (Phi) is 5.69. The van der Waals surface area contributed by atoms with Crippen LogP contribution in [-0.2, 0) is 20.3 Å². The molecule has 0 aromatic heterocycles.